The number of carbonyl (C=O) groups is 2. The Kier molecular flexibility index (Phi) is 3.61. The highest BCUT2D eigenvalue weighted by Gasteiger charge is 2.27. The van der Waals surface area contributed by atoms with Crippen molar-refractivity contribution in [2.75, 3.05) is 12.4 Å². The van der Waals surface area contributed by atoms with E-state index in [0.29, 0.717) is 12.2 Å². The smallest absolute Gasteiger partial charge is 0.249 e. The van der Waals surface area contributed by atoms with Crippen molar-refractivity contribution in [1.29, 1.82) is 0 Å². The lowest BCUT2D eigenvalue weighted by Crippen LogP contribution is -2.47. The molecule has 1 saturated heterocycles. The third kappa shape index (κ3) is 2.51. The van der Waals surface area contributed by atoms with Gasteiger partial charge in [0.1, 0.15) is 12.4 Å². The molecule has 0 spiro atoms. The summed E-state index contributed by atoms with van der Waals surface area (Å²) >= 11 is 5.84. The quantitative estimate of drug-likeness (QED) is 0.608. The number of hydrogen-bond acceptors (Lipinski definition) is 6. The Morgan fingerprint density at radius 2 is 2.28 bits per heavy atom. The second-order valence-electron chi connectivity index (χ2n) is 3.69. The van der Waals surface area contributed by atoms with Crippen LogP contribution in [0.2, 0.25) is 5.15 Å². The summed E-state index contributed by atoms with van der Waals surface area (Å²) in [6.07, 6.45) is 1.94. The maximum absolute atomic E-state index is 11.6. The van der Waals surface area contributed by atoms with Gasteiger partial charge in [-0.3, -0.25) is 14.9 Å². The van der Waals surface area contributed by atoms with Crippen LogP contribution in [-0.4, -0.2) is 34.9 Å². The summed E-state index contributed by atoms with van der Waals surface area (Å²) < 4.78 is 5.06. The number of amides is 2. The van der Waals surface area contributed by atoms with Crippen molar-refractivity contribution in [3.05, 3.63) is 11.5 Å². The zero-order chi connectivity index (χ0) is 13.1. The van der Waals surface area contributed by atoms with E-state index in [-0.39, 0.29) is 29.1 Å². The molecular formula is C10H11ClN4O3. The molecule has 18 heavy (non-hydrogen) atoms. The summed E-state index contributed by atoms with van der Waals surface area (Å²) in [5.74, 6) is -0.0651. The molecule has 1 unspecified atom stereocenters. The average molecular weight is 271 g/mol. The van der Waals surface area contributed by atoms with Crippen LogP contribution >= 0.6 is 11.6 Å². The molecule has 1 atom stereocenters. The summed E-state index contributed by atoms with van der Waals surface area (Å²) in [6.45, 7) is 0. The predicted molar refractivity (Wildman–Crippen MR) is 63.4 cm³/mol. The fourth-order valence-electron chi connectivity index (χ4n) is 1.63. The van der Waals surface area contributed by atoms with Crippen molar-refractivity contribution in [3.8, 4) is 5.75 Å². The molecule has 96 valence electrons. The first kappa shape index (κ1) is 12.6. The lowest BCUT2D eigenvalue weighted by atomic mass is 10.1. The zero-order valence-corrected chi connectivity index (χ0v) is 10.3. The molecule has 2 rings (SSSR count). The summed E-state index contributed by atoms with van der Waals surface area (Å²) in [5.41, 5.74) is 0. The number of hydrogen-bond donors (Lipinski definition) is 2. The van der Waals surface area contributed by atoms with E-state index in [9.17, 15) is 9.59 Å². The van der Waals surface area contributed by atoms with E-state index in [0.717, 1.165) is 0 Å². The minimum absolute atomic E-state index is 0.155. The van der Waals surface area contributed by atoms with Crippen LogP contribution in [0.5, 0.6) is 5.75 Å². The largest absolute Gasteiger partial charge is 0.490 e. The van der Waals surface area contributed by atoms with Gasteiger partial charge in [-0.2, -0.15) is 0 Å². The molecular weight excluding hydrogens is 260 g/mol. The molecule has 8 heteroatoms. The number of anilines is 1. The van der Waals surface area contributed by atoms with Gasteiger partial charge in [0.25, 0.3) is 0 Å². The number of halogens is 1. The molecule has 0 bridgehead atoms. The number of imide groups is 1. The van der Waals surface area contributed by atoms with Gasteiger partial charge in [0.15, 0.2) is 16.7 Å². The van der Waals surface area contributed by atoms with Crippen molar-refractivity contribution in [3.63, 3.8) is 0 Å². The van der Waals surface area contributed by atoms with Gasteiger partial charge in [-0.25, -0.2) is 9.97 Å². The van der Waals surface area contributed by atoms with Gasteiger partial charge >= 0.3 is 0 Å². The van der Waals surface area contributed by atoms with Crippen molar-refractivity contribution in [2.24, 2.45) is 0 Å². The number of ether oxygens (including phenoxy) is 1. The van der Waals surface area contributed by atoms with Crippen LogP contribution in [0.3, 0.4) is 0 Å². The molecule has 0 aromatic carbocycles. The molecule has 1 aliphatic rings. The van der Waals surface area contributed by atoms with Gasteiger partial charge in [-0.15, -0.1) is 0 Å². The van der Waals surface area contributed by atoms with Gasteiger partial charge in [-0.1, -0.05) is 11.6 Å². The zero-order valence-electron chi connectivity index (χ0n) is 9.57. The maximum atomic E-state index is 11.6. The van der Waals surface area contributed by atoms with E-state index in [1.54, 1.807) is 0 Å². The standard InChI is InChI=1S/C10H11ClN4O3/c1-18-7-8(11)12-4-13-9(7)14-5-2-3-6(16)15-10(5)17/h4-5H,2-3H2,1H3,(H,12,13,14)(H,15,16,17). The van der Waals surface area contributed by atoms with Crippen LogP contribution in [0, 0.1) is 0 Å². The highest BCUT2D eigenvalue weighted by Crippen LogP contribution is 2.29. The molecule has 1 aromatic heterocycles. The summed E-state index contributed by atoms with van der Waals surface area (Å²) in [4.78, 5) is 30.3. The van der Waals surface area contributed by atoms with E-state index in [1.165, 1.54) is 13.4 Å². The fraction of sp³-hybridized carbons (Fsp3) is 0.400. The van der Waals surface area contributed by atoms with E-state index in [1.807, 2.05) is 0 Å². The third-order valence-electron chi connectivity index (χ3n) is 2.51. The molecule has 1 aromatic rings. The molecule has 1 fully saturated rings. The van der Waals surface area contributed by atoms with E-state index >= 15 is 0 Å². The van der Waals surface area contributed by atoms with Gasteiger partial charge in [0.05, 0.1) is 7.11 Å². The normalized spacial score (nSPS) is 19.3. The first-order valence-corrected chi connectivity index (χ1v) is 5.64. The number of nitrogens with one attached hydrogen (secondary N) is 2. The number of methoxy groups -OCH3 is 1. The second kappa shape index (κ2) is 5.18. The van der Waals surface area contributed by atoms with Crippen molar-refractivity contribution in [2.45, 2.75) is 18.9 Å². The minimum Gasteiger partial charge on any atom is -0.490 e. The number of aromatic nitrogens is 2. The molecule has 7 nitrogen and oxygen atoms in total. The Hall–Kier alpha value is -1.89. The van der Waals surface area contributed by atoms with Crippen molar-refractivity contribution in [1.82, 2.24) is 15.3 Å². The second-order valence-corrected chi connectivity index (χ2v) is 4.05. The Morgan fingerprint density at radius 3 is 2.94 bits per heavy atom. The number of rotatable bonds is 3. The monoisotopic (exact) mass is 270 g/mol. The molecule has 0 saturated carbocycles. The summed E-state index contributed by atoms with van der Waals surface area (Å²) in [7, 11) is 1.43. The van der Waals surface area contributed by atoms with Crippen LogP contribution in [-0.2, 0) is 9.59 Å². The summed E-state index contributed by atoms with van der Waals surface area (Å²) in [5, 5.41) is 5.29. The number of carbonyl (C=O) groups excluding carboxylic acids is 2. The summed E-state index contributed by atoms with van der Waals surface area (Å²) in [6, 6.07) is -0.539. The van der Waals surface area contributed by atoms with E-state index in [4.69, 9.17) is 16.3 Å². The molecule has 2 N–H and O–H groups in total. The minimum atomic E-state index is -0.539. The molecule has 2 amide bonds. The van der Waals surface area contributed by atoms with Crippen LogP contribution < -0.4 is 15.4 Å². The van der Waals surface area contributed by atoms with Gasteiger partial charge < -0.3 is 10.1 Å². The predicted octanol–water partition coefficient (Wildman–Crippen LogP) is 0.356. The first-order valence-electron chi connectivity index (χ1n) is 5.26. The Labute approximate surface area is 108 Å². The van der Waals surface area contributed by atoms with Crippen molar-refractivity contribution < 1.29 is 14.3 Å². The maximum Gasteiger partial charge on any atom is 0.249 e. The topological polar surface area (TPSA) is 93.2 Å². The van der Waals surface area contributed by atoms with Crippen LogP contribution in [0.15, 0.2) is 6.33 Å². The van der Waals surface area contributed by atoms with Crippen LogP contribution in [0.4, 0.5) is 5.82 Å². The van der Waals surface area contributed by atoms with Gasteiger partial charge in [0, 0.05) is 6.42 Å². The fourth-order valence-corrected chi connectivity index (χ4v) is 1.84. The molecule has 0 aliphatic carbocycles. The lowest BCUT2D eigenvalue weighted by molar-refractivity contribution is -0.133. The number of nitrogens with zero attached hydrogens (tertiary/aromatic N) is 2. The Bertz CT molecular complexity index is 494. The van der Waals surface area contributed by atoms with Crippen LogP contribution in [0.25, 0.3) is 0 Å². The molecule has 1 aliphatic heterocycles. The number of piperidine rings is 1. The molecule has 2 heterocycles. The lowest BCUT2D eigenvalue weighted by Gasteiger charge is -2.22. The van der Waals surface area contributed by atoms with Gasteiger partial charge in [-0.05, 0) is 6.42 Å². The van der Waals surface area contributed by atoms with Crippen molar-refractivity contribution >= 4 is 29.2 Å². The SMILES string of the molecule is COc1c(Cl)ncnc1NC1CCC(=O)NC1=O. The highest BCUT2D eigenvalue weighted by molar-refractivity contribution is 6.31. The first-order chi connectivity index (χ1) is 8.61. The van der Waals surface area contributed by atoms with Gasteiger partial charge in [0.2, 0.25) is 11.8 Å². The molecule has 0 radical (unpaired) electrons. The Balaban J connectivity index is 2.17. The third-order valence-corrected chi connectivity index (χ3v) is 2.78. The van der Waals surface area contributed by atoms with E-state index < -0.39 is 6.04 Å². The average Bonchev–Trinajstić information content (AvgIpc) is 2.33. The Morgan fingerprint density at radius 1 is 1.50 bits per heavy atom. The van der Waals surface area contributed by atoms with Crippen LogP contribution in [0.1, 0.15) is 12.8 Å². The highest BCUT2D eigenvalue weighted by atomic mass is 35.5. The van der Waals surface area contributed by atoms with E-state index in [2.05, 4.69) is 20.6 Å².